The van der Waals surface area contributed by atoms with Crippen LogP contribution < -0.4 is 0 Å². The molecule has 3 nitrogen and oxygen atoms in total. The summed E-state index contributed by atoms with van der Waals surface area (Å²) < 4.78 is 0. The molecule has 15 heavy (non-hydrogen) atoms. The predicted octanol–water partition coefficient (Wildman–Crippen LogP) is 1.65. The standard InChI is InChI=1S/C12H12N2O/c15-8-7-13-9-10-5-6-14-12-4-2-1-3-11(10)12/h1-6,9,15H,7-8H2. The molecular weight excluding hydrogens is 188 g/mol. The zero-order chi connectivity index (χ0) is 10.5. The van der Waals surface area contributed by atoms with Gasteiger partial charge >= 0.3 is 0 Å². The first-order valence-electron chi connectivity index (χ1n) is 4.86. The van der Waals surface area contributed by atoms with Crippen LogP contribution in [0.15, 0.2) is 41.5 Å². The lowest BCUT2D eigenvalue weighted by Crippen LogP contribution is -1.91. The van der Waals surface area contributed by atoms with E-state index < -0.39 is 0 Å². The van der Waals surface area contributed by atoms with Crippen LogP contribution in [0, 0.1) is 0 Å². The van der Waals surface area contributed by atoms with Crippen molar-refractivity contribution in [3.05, 3.63) is 42.1 Å². The molecule has 0 bridgehead atoms. The summed E-state index contributed by atoms with van der Waals surface area (Å²) in [6, 6.07) is 9.85. The van der Waals surface area contributed by atoms with Gasteiger partial charge in [0.15, 0.2) is 0 Å². The molecule has 1 aromatic heterocycles. The smallest absolute Gasteiger partial charge is 0.0708 e. The van der Waals surface area contributed by atoms with Crippen LogP contribution in [0.5, 0.6) is 0 Å². The van der Waals surface area contributed by atoms with Crippen molar-refractivity contribution in [1.82, 2.24) is 4.98 Å². The van der Waals surface area contributed by atoms with Crippen LogP contribution >= 0.6 is 0 Å². The third-order valence-electron chi connectivity index (χ3n) is 2.14. The van der Waals surface area contributed by atoms with Gasteiger partial charge in [-0.15, -0.1) is 0 Å². The van der Waals surface area contributed by atoms with Crippen LogP contribution in [-0.2, 0) is 0 Å². The van der Waals surface area contributed by atoms with E-state index >= 15 is 0 Å². The zero-order valence-corrected chi connectivity index (χ0v) is 8.30. The van der Waals surface area contributed by atoms with Gasteiger partial charge in [0.2, 0.25) is 0 Å². The molecule has 0 amide bonds. The van der Waals surface area contributed by atoms with Crippen LogP contribution in [0.3, 0.4) is 0 Å². The molecule has 2 aromatic rings. The Hall–Kier alpha value is -1.74. The molecular formula is C12H12N2O. The highest BCUT2D eigenvalue weighted by molar-refractivity contribution is 5.97. The number of pyridine rings is 1. The highest BCUT2D eigenvalue weighted by Crippen LogP contribution is 2.13. The third-order valence-corrected chi connectivity index (χ3v) is 2.14. The molecule has 76 valence electrons. The number of rotatable bonds is 3. The van der Waals surface area contributed by atoms with E-state index in [4.69, 9.17) is 5.11 Å². The molecule has 0 atom stereocenters. The van der Waals surface area contributed by atoms with Gasteiger partial charge in [-0.2, -0.15) is 0 Å². The van der Waals surface area contributed by atoms with E-state index in [0.29, 0.717) is 6.54 Å². The van der Waals surface area contributed by atoms with E-state index in [1.807, 2.05) is 30.3 Å². The van der Waals surface area contributed by atoms with Crippen molar-refractivity contribution < 1.29 is 5.11 Å². The minimum absolute atomic E-state index is 0.0829. The van der Waals surface area contributed by atoms with Gasteiger partial charge in [0, 0.05) is 23.4 Å². The van der Waals surface area contributed by atoms with Gasteiger partial charge < -0.3 is 5.11 Å². The molecule has 3 heteroatoms. The highest BCUT2D eigenvalue weighted by Gasteiger charge is 1.97. The average molecular weight is 200 g/mol. The topological polar surface area (TPSA) is 45.5 Å². The monoisotopic (exact) mass is 200 g/mol. The number of hydrogen-bond donors (Lipinski definition) is 1. The summed E-state index contributed by atoms with van der Waals surface area (Å²) in [6.45, 7) is 0.524. The first-order valence-corrected chi connectivity index (χ1v) is 4.86. The fourth-order valence-electron chi connectivity index (χ4n) is 1.45. The van der Waals surface area contributed by atoms with Gasteiger partial charge in [0.1, 0.15) is 0 Å². The Balaban J connectivity index is 2.42. The second-order valence-corrected chi connectivity index (χ2v) is 3.18. The molecule has 0 fully saturated rings. The van der Waals surface area contributed by atoms with E-state index in [0.717, 1.165) is 16.5 Å². The van der Waals surface area contributed by atoms with Crippen LogP contribution in [-0.4, -0.2) is 29.5 Å². The van der Waals surface area contributed by atoms with E-state index in [-0.39, 0.29) is 6.61 Å². The van der Waals surface area contributed by atoms with Crippen LogP contribution in [0.25, 0.3) is 10.9 Å². The lowest BCUT2D eigenvalue weighted by molar-refractivity contribution is 0.307. The second kappa shape index (κ2) is 4.66. The van der Waals surface area contributed by atoms with Crippen molar-refractivity contribution >= 4 is 17.1 Å². The molecule has 0 spiro atoms. The van der Waals surface area contributed by atoms with Gasteiger partial charge in [0.25, 0.3) is 0 Å². The maximum absolute atomic E-state index is 8.63. The van der Waals surface area contributed by atoms with Crippen molar-refractivity contribution in [3.8, 4) is 0 Å². The Kier molecular flexibility index (Phi) is 3.05. The van der Waals surface area contributed by atoms with E-state index in [1.54, 1.807) is 12.4 Å². The Morgan fingerprint density at radius 1 is 1.27 bits per heavy atom. The minimum Gasteiger partial charge on any atom is -0.394 e. The molecule has 1 heterocycles. The highest BCUT2D eigenvalue weighted by atomic mass is 16.3. The lowest BCUT2D eigenvalue weighted by Gasteiger charge is -1.99. The number of aliphatic hydroxyl groups is 1. The Labute approximate surface area is 88.1 Å². The largest absolute Gasteiger partial charge is 0.394 e. The van der Waals surface area contributed by atoms with E-state index in [2.05, 4.69) is 9.98 Å². The quantitative estimate of drug-likeness (QED) is 0.765. The zero-order valence-electron chi connectivity index (χ0n) is 8.30. The van der Waals surface area contributed by atoms with Gasteiger partial charge in [-0.05, 0) is 12.1 Å². The number of aliphatic hydroxyl groups excluding tert-OH is 1. The number of para-hydroxylation sites is 1. The van der Waals surface area contributed by atoms with Crippen molar-refractivity contribution in [2.75, 3.05) is 13.2 Å². The Morgan fingerprint density at radius 3 is 3.00 bits per heavy atom. The number of hydrogen-bond acceptors (Lipinski definition) is 3. The minimum atomic E-state index is 0.0829. The number of fused-ring (bicyclic) bond motifs is 1. The molecule has 1 aromatic carbocycles. The molecule has 0 aliphatic rings. The maximum Gasteiger partial charge on any atom is 0.0708 e. The van der Waals surface area contributed by atoms with E-state index in [1.165, 1.54) is 0 Å². The number of nitrogens with zero attached hydrogens (tertiary/aromatic N) is 2. The Bertz CT molecular complexity index is 475. The molecule has 0 saturated heterocycles. The Morgan fingerprint density at radius 2 is 2.13 bits per heavy atom. The number of benzene rings is 1. The molecule has 0 aliphatic heterocycles. The van der Waals surface area contributed by atoms with Gasteiger partial charge in [0.05, 0.1) is 18.7 Å². The normalized spacial score (nSPS) is 11.3. The molecule has 0 saturated carbocycles. The van der Waals surface area contributed by atoms with Gasteiger partial charge in [-0.25, -0.2) is 0 Å². The fourth-order valence-corrected chi connectivity index (χ4v) is 1.45. The second-order valence-electron chi connectivity index (χ2n) is 3.18. The summed E-state index contributed by atoms with van der Waals surface area (Å²) in [5, 5.41) is 9.72. The summed E-state index contributed by atoms with van der Waals surface area (Å²) in [5.41, 5.74) is 2.00. The average Bonchev–Trinajstić information content (AvgIpc) is 2.30. The first-order chi connectivity index (χ1) is 7.42. The SMILES string of the molecule is OCCN=Cc1ccnc2ccccc12. The van der Waals surface area contributed by atoms with Crippen LogP contribution in [0.2, 0.25) is 0 Å². The first kappa shape index (κ1) is 9.80. The molecule has 2 rings (SSSR count). The van der Waals surface area contributed by atoms with Crippen molar-refractivity contribution in [3.63, 3.8) is 0 Å². The summed E-state index contributed by atoms with van der Waals surface area (Å²) in [5.74, 6) is 0. The van der Waals surface area contributed by atoms with Gasteiger partial charge in [-0.1, -0.05) is 18.2 Å². The van der Waals surface area contributed by atoms with E-state index in [9.17, 15) is 0 Å². The predicted molar refractivity (Wildman–Crippen MR) is 61.3 cm³/mol. The number of aliphatic imine (C=N–C) groups is 1. The molecule has 1 N–H and O–H groups in total. The molecule has 0 radical (unpaired) electrons. The van der Waals surface area contributed by atoms with Crippen molar-refractivity contribution in [2.24, 2.45) is 4.99 Å². The summed E-state index contributed by atoms with van der Waals surface area (Å²) in [4.78, 5) is 8.37. The fraction of sp³-hybridized carbons (Fsp3) is 0.167. The van der Waals surface area contributed by atoms with Crippen LogP contribution in [0.1, 0.15) is 5.56 Å². The summed E-state index contributed by atoms with van der Waals surface area (Å²) in [6.07, 6.45) is 3.54. The summed E-state index contributed by atoms with van der Waals surface area (Å²) in [7, 11) is 0. The summed E-state index contributed by atoms with van der Waals surface area (Å²) >= 11 is 0. The van der Waals surface area contributed by atoms with Gasteiger partial charge in [-0.3, -0.25) is 9.98 Å². The molecule has 0 aliphatic carbocycles. The van der Waals surface area contributed by atoms with Crippen molar-refractivity contribution in [1.29, 1.82) is 0 Å². The lowest BCUT2D eigenvalue weighted by atomic mass is 10.1. The van der Waals surface area contributed by atoms with Crippen LogP contribution in [0.4, 0.5) is 0 Å². The third kappa shape index (κ3) is 2.19. The maximum atomic E-state index is 8.63. The molecule has 0 unspecified atom stereocenters. The van der Waals surface area contributed by atoms with Crippen molar-refractivity contribution in [2.45, 2.75) is 0 Å². The number of aromatic nitrogens is 1.